The van der Waals surface area contributed by atoms with E-state index in [1.54, 1.807) is 18.6 Å². The second-order valence-electron chi connectivity index (χ2n) is 4.36. The lowest BCUT2D eigenvalue weighted by Crippen LogP contribution is -2.34. The maximum Gasteiger partial charge on any atom is 0.254 e. The number of aromatic nitrogens is 3. The molecule has 2 rings (SSSR count). The Morgan fingerprint density at radius 1 is 1.30 bits per heavy atom. The zero-order chi connectivity index (χ0) is 14.4. The normalized spacial score (nSPS) is 11.9. The fourth-order valence-corrected chi connectivity index (χ4v) is 2.05. The molecule has 2 aromatic rings. The summed E-state index contributed by atoms with van der Waals surface area (Å²) in [5.74, 6) is -0.166. The van der Waals surface area contributed by atoms with Gasteiger partial charge in [0, 0.05) is 36.7 Å². The van der Waals surface area contributed by atoms with Crippen LogP contribution in [0.25, 0.3) is 0 Å². The molecular formula is C14H16N4OS. The molecule has 1 atom stereocenters. The van der Waals surface area contributed by atoms with E-state index in [1.165, 1.54) is 11.8 Å². The molecule has 0 fully saturated rings. The van der Waals surface area contributed by atoms with Crippen molar-refractivity contribution in [3.8, 4) is 0 Å². The van der Waals surface area contributed by atoms with Gasteiger partial charge in [-0.25, -0.2) is 9.97 Å². The van der Waals surface area contributed by atoms with Gasteiger partial charge in [-0.15, -0.1) is 0 Å². The van der Waals surface area contributed by atoms with Crippen molar-refractivity contribution in [3.05, 3.63) is 48.0 Å². The van der Waals surface area contributed by atoms with Crippen LogP contribution in [-0.4, -0.2) is 33.2 Å². The summed E-state index contributed by atoms with van der Waals surface area (Å²) >= 11 is 1.44. The minimum Gasteiger partial charge on any atom is -0.349 e. The third-order valence-electron chi connectivity index (χ3n) is 2.69. The fraction of sp³-hybridized carbons (Fsp3) is 0.286. The lowest BCUT2D eigenvalue weighted by atomic mass is 10.1. The first kappa shape index (κ1) is 14.5. The Bertz CT molecular complexity index is 559. The molecule has 0 aliphatic rings. The molecule has 2 aromatic heterocycles. The number of carbonyl (C=O) groups is 1. The van der Waals surface area contributed by atoms with Gasteiger partial charge in [0.1, 0.15) is 0 Å². The second kappa shape index (κ2) is 7.00. The van der Waals surface area contributed by atoms with Crippen molar-refractivity contribution >= 4 is 17.7 Å². The Hall–Kier alpha value is -1.95. The quantitative estimate of drug-likeness (QED) is 0.673. The number of nitrogens with one attached hydrogen (secondary N) is 1. The summed E-state index contributed by atoms with van der Waals surface area (Å²) in [6.07, 6.45) is 7.42. The van der Waals surface area contributed by atoms with E-state index in [0.717, 1.165) is 5.69 Å². The van der Waals surface area contributed by atoms with Crippen LogP contribution in [-0.2, 0) is 6.42 Å². The molecule has 0 aliphatic carbocycles. The number of pyridine rings is 1. The van der Waals surface area contributed by atoms with E-state index < -0.39 is 0 Å². The number of hydrogen-bond donors (Lipinski definition) is 1. The van der Waals surface area contributed by atoms with Crippen molar-refractivity contribution in [2.24, 2.45) is 0 Å². The molecule has 1 N–H and O–H groups in total. The highest BCUT2D eigenvalue weighted by atomic mass is 32.2. The lowest BCUT2D eigenvalue weighted by molar-refractivity contribution is 0.0939. The minimum atomic E-state index is -0.166. The molecule has 6 heteroatoms. The number of amides is 1. The van der Waals surface area contributed by atoms with Crippen LogP contribution in [0.2, 0.25) is 0 Å². The summed E-state index contributed by atoms with van der Waals surface area (Å²) in [5.41, 5.74) is 1.42. The third kappa shape index (κ3) is 4.03. The zero-order valence-electron chi connectivity index (χ0n) is 11.4. The molecule has 0 saturated heterocycles. The summed E-state index contributed by atoms with van der Waals surface area (Å²) in [4.78, 5) is 24.4. The molecule has 0 saturated carbocycles. The van der Waals surface area contributed by atoms with E-state index in [1.807, 2.05) is 31.4 Å². The van der Waals surface area contributed by atoms with Crippen LogP contribution in [0.5, 0.6) is 0 Å². The van der Waals surface area contributed by atoms with Gasteiger partial charge in [-0.05, 0) is 25.3 Å². The maximum atomic E-state index is 12.0. The highest BCUT2D eigenvalue weighted by Gasteiger charge is 2.11. The van der Waals surface area contributed by atoms with Gasteiger partial charge in [0.2, 0.25) is 0 Å². The first-order valence-corrected chi connectivity index (χ1v) is 7.48. The number of nitrogens with zero attached hydrogens (tertiary/aromatic N) is 3. The van der Waals surface area contributed by atoms with Crippen molar-refractivity contribution in [1.82, 2.24) is 20.3 Å². The molecule has 0 aliphatic heterocycles. The number of thioether (sulfide) groups is 1. The highest BCUT2D eigenvalue weighted by Crippen LogP contribution is 2.07. The molecule has 2 heterocycles. The van der Waals surface area contributed by atoms with Crippen LogP contribution in [0.3, 0.4) is 0 Å². The smallest absolute Gasteiger partial charge is 0.254 e. The predicted octanol–water partition coefficient (Wildman–Crippen LogP) is 1.95. The van der Waals surface area contributed by atoms with Gasteiger partial charge in [0.25, 0.3) is 5.91 Å². The SMILES string of the molecule is CSc1ncc(C(=O)N[C@H](C)Cc2ccccn2)cn1. The van der Waals surface area contributed by atoms with Crippen molar-refractivity contribution in [2.45, 2.75) is 24.5 Å². The summed E-state index contributed by atoms with van der Waals surface area (Å²) in [6.45, 7) is 1.95. The molecule has 0 aromatic carbocycles. The zero-order valence-corrected chi connectivity index (χ0v) is 12.2. The van der Waals surface area contributed by atoms with Gasteiger partial charge >= 0.3 is 0 Å². The molecule has 0 spiro atoms. The average molecular weight is 288 g/mol. The van der Waals surface area contributed by atoms with Gasteiger partial charge in [0.15, 0.2) is 5.16 Å². The molecule has 0 radical (unpaired) electrons. The van der Waals surface area contributed by atoms with Crippen LogP contribution in [0, 0.1) is 0 Å². The monoisotopic (exact) mass is 288 g/mol. The van der Waals surface area contributed by atoms with Crippen molar-refractivity contribution < 1.29 is 4.79 Å². The van der Waals surface area contributed by atoms with Crippen molar-refractivity contribution in [3.63, 3.8) is 0 Å². The summed E-state index contributed by atoms with van der Waals surface area (Å²) < 4.78 is 0. The van der Waals surface area contributed by atoms with E-state index in [9.17, 15) is 4.79 Å². The van der Waals surface area contributed by atoms with E-state index in [2.05, 4.69) is 20.3 Å². The summed E-state index contributed by atoms with van der Waals surface area (Å²) in [5, 5.41) is 3.57. The van der Waals surface area contributed by atoms with E-state index >= 15 is 0 Å². The molecule has 1 amide bonds. The Labute approximate surface area is 122 Å². The van der Waals surface area contributed by atoms with Crippen LogP contribution < -0.4 is 5.32 Å². The maximum absolute atomic E-state index is 12.0. The van der Waals surface area contributed by atoms with Crippen molar-refractivity contribution in [1.29, 1.82) is 0 Å². The van der Waals surface area contributed by atoms with Gasteiger partial charge < -0.3 is 5.32 Å². The summed E-state index contributed by atoms with van der Waals surface area (Å²) in [6, 6.07) is 5.75. The molecule has 0 bridgehead atoms. The first-order valence-electron chi connectivity index (χ1n) is 6.26. The predicted molar refractivity (Wildman–Crippen MR) is 78.7 cm³/mol. The van der Waals surface area contributed by atoms with Crippen LogP contribution in [0.15, 0.2) is 41.9 Å². The Balaban J connectivity index is 1.93. The number of carbonyl (C=O) groups excluding carboxylic acids is 1. The lowest BCUT2D eigenvalue weighted by Gasteiger charge is -2.13. The minimum absolute atomic E-state index is 0.00220. The van der Waals surface area contributed by atoms with Crippen LogP contribution in [0.1, 0.15) is 23.0 Å². The van der Waals surface area contributed by atoms with E-state index in [4.69, 9.17) is 0 Å². The average Bonchev–Trinajstić information content (AvgIpc) is 2.48. The number of rotatable bonds is 5. The van der Waals surface area contributed by atoms with Crippen LogP contribution >= 0.6 is 11.8 Å². The van der Waals surface area contributed by atoms with Gasteiger partial charge in [0.05, 0.1) is 5.56 Å². The first-order chi connectivity index (χ1) is 9.69. The van der Waals surface area contributed by atoms with Gasteiger partial charge in [-0.3, -0.25) is 9.78 Å². The largest absolute Gasteiger partial charge is 0.349 e. The van der Waals surface area contributed by atoms with Gasteiger partial charge in [-0.2, -0.15) is 0 Å². The molecule has 20 heavy (non-hydrogen) atoms. The highest BCUT2D eigenvalue weighted by molar-refractivity contribution is 7.98. The molecular weight excluding hydrogens is 272 g/mol. The van der Waals surface area contributed by atoms with E-state index in [0.29, 0.717) is 17.1 Å². The Kier molecular flexibility index (Phi) is 5.06. The molecule has 5 nitrogen and oxygen atoms in total. The topological polar surface area (TPSA) is 67.8 Å². The second-order valence-corrected chi connectivity index (χ2v) is 5.13. The molecule has 104 valence electrons. The Morgan fingerprint density at radius 3 is 2.65 bits per heavy atom. The molecule has 0 unspecified atom stereocenters. The van der Waals surface area contributed by atoms with Crippen molar-refractivity contribution in [2.75, 3.05) is 6.26 Å². The number of hydrogen-bond acceptors (Lipinski definition) is 5. The standard InChI is InChI=1S/C14H16N4OS/c1-10(7-12-5-3-4-6-15-12)18-13(19)11-8-16-14(20-2)17-9-11/h3-6,8-10H,7H2,1-2H3,(H,18,19)/t10-/m1/s1. The van der Waals surface area contributed by atoms with Crippen LogP contribution in [0.4, 0.5) is 0 Å². The Morgan fingerprint density at radius 2 is 2.05 bits per heavy atom. The van der Waals surface area contributed by atoms with Gasteiger partial charge in [-0.1, -0.05) is 17.8 Å². The third-order valence-corrected chi connectivity index (χ3v) is 3.27. The summed E-state index contributed by atoms with van der Waals surface area (Å²) in [7, 11) is 0. The van der Waals surface area contributed by atoms with E-state index in [-0.39, 0.29) is 11.9 Å². The fourth-order valence-electron chi connectivity index (χ4n) is 1.73.